The predicted molar refractivity (Wildman–Crippen MR) is 101 cm³/mol. The predicted octanol–water partition coefficient (Wildman–Crippen LogP) is 4.61. The molecule has 0 aromatic heterocycles. The molecule has 2 aliphatic carbocycles. The molecule has 0 saturated heterocycles. The highest BCUT2D eigenvalue weighted by Gasteiger charge is 2.53. The van der Waals surface area contributed by atoms with Crippen molar-refractivity contribution >= 4 is 12.1 Å². The number of carbonyl (C=O) groups excluding carboxylic acids is 1. The Balaban J connectivity index is 1.94. The topological polar surface area (TPSA) is 66.8 Å². The van der Waals surface area contributed by atoms with E-state index in [1.807, 2.05) is 48.5 Å². The summed E-state index contributed by atoms with van der Waals surface area (Å²) >= 11 is 0. The molecular formula is C22H23NO4. The van der Waals surface area contributed by atoms with Crippen molar-refractivity contribution < 1.29 is 19.4 Å². The van der Waals surface area contributed by atoms with Crippen molar-refractivity contribution in [2.45, 2.75) is 43.7 Å². The molecule has 1 N–H and O–H groups in total. The number of carboxylic acid groups (broad SMARTS) is 1. The third kappa shape index (κ3) is 2.60. The molecule has 2 aromatic carbocycles. The lowest BCUT2D eigenvalue weighted by atomic mass is 9.78. The molecule has 5 heteroatoms. The van der Waals surface area contributed by atoms with Gasteiger partial charge in [-0.2, -0.15) is 0 Å². The number of carbonyl (C=O) groups is 2. The average molecular weight is 365 g/mol. The smallest absolute Gasteiger partial charge is 0.411 e. The van der Waals surface area contributed by atoms with Crippen LogP contribution in [0.25, 0.3) is 11.1 Å². The highest BCUT2D eigenvalue weighted by molar-refractivity contribution is 5.87. The van der Waals surface area contributed by atoms with Gasteiger partial charge in [0.1, 0.15) is 5.54 Å². The van der Waals surface area contributed by atoms with Gasteiger partial charge in [0.15, 0.2) is 0 Å². The molecule has 1 fully saturated rings. The van der Waals surface area contributed by atoms with Gasteiger partial charge in [0.25, 0.3) is 0 Å². The van der Waals surface area contributed by atoms with E-state index < -0.39 is 23.6 Å². The van der Waals surface area contributed by atoms with Crippen LogP contribution >= 0.6 is 0 Å². The second-order valence-electron chi connectivity index (χ2n) is 7.31. The van der Waals surface area contributed by atoms with Crippen molar-refractivity contribution in [2.24, 2.45) is 0 Å². The summed E-state index contributed by atoms with van der Waals surface area (Å²) < 4.78 is 5.11. The fourth-order valence-electron chi connectivity index (χ4n) is 4.73. The van der Waals surface area contributed by atoms with E-state index in [-0.39, 0.29) is 0 Å². The fourth-order valence-corrected chi connectivity index (χ4v) is 4.73. The Bertz CT molecular complexity index is 840. The minimum Gasteiger partial charge on any atom is -0.479 e. The largest absolute Gasteiger partial charge is 0.479 e. The molecule has 2 aromatic rings. The van der Waals surface area contributed by atoms with Gasteiger partial charge >= 0.3 is 12.1 Å². The number of carboxylic acids is 1. The number of benzene rings is 2. The molecule has 27 heavy (non-hydrogen) atoms. The van der Waals surface area contributed by atoms with Gasteiger partial charge < -0.3 is 9.84 Å². The maximum absolute atomic E-state index is 13.0. The quantitative estimate of drug-likeness (QED) is 0.862. The average Bonchev–Trinajstić information content (AvgIpc) is 3.03. The summed E-state index contributed by atoms with van der Waals surface area (Å²) in [5.41, 5.74) is 2.75. The molecule has 0 unspecified atom stereocenters. The number of amides is 1. The number of ether oxygens (including phenoxy) is 1. The van der Waals surface area contributed by atoms with Crippen LogP contribution in [0.2, 0.25) is 0 Å². The molecule has 0 atom stereocenters. The van der Waals surface area contributed by atoms with Gasteiger partial charge in [0, 0.05) is 0 Å². The van der Waals surface area contributed by atoms with Gasteiger partial charge in [-0.05, 0) is 35.1 Å². The van der Waals surface area contributed by atoms with E-state index in [1.54, 1.807) is 0 Å². The molecule has 1 amide bonds. The number of hydrogen-bond donors (Lipinski definition) is 1. The first-order valence-electron chi connectivity index (χ1n) is 9.39. The summed E-state index contributed by atoms with van der Waals surface area (Å²) in [6.45, 7) is 0. The molecule has 2 aliphatic rings. The number of rotatable bonds is 3. The normalized spacial score (nSPS) is 17.7. The van der Waals surface area contributed by atoms with Crippen LogP contribution in [-0.4, -0.2) is 34.7 Å². The zero-order valence-corrected chi connectivity index (χ0v) is 15.4. The summed E-state index contributed by atoms with van der Waals surface area (Å²) in [7, 11) is 1.32. The summed E-state index contributed by atoms with van der Waals surface area (Å²) in [4.78, 5) is 26.9. The Morgan fingerprint density at radius 3 is 1.96 bits per heavy atom. The summed E-state index contributed by atoms with van der Waals surface area (Å²) in [5.74, 6) is -0.950. The van der Waals surface area contributed by atoms with E-state index in [1.165, 1.54) is 12.0 Å². The zero-order chi connectivity index (χ0) is 19.0. The Morgan fingerprint density at radius 2 is 1.48 bits per heavy atom. The number of hydrogen-bond acceptors (Lipinski definition) is 3. The van der Waals surface area contributed by atoms with Gasteiger partial charge in [-0.25, -0.2) is 9.59 Å². The molecule has 0 spiro atoms. The van der Waals surface area contributed by atoms with Crippen molar-refractivity contribution in [3.63, 3.8) is 0 Å². The van der Waals surface area contributed by atoms with E-state index in [0.29, 0.717) is 12.8 Å². The van der Waals surface area contributed by atoms with Crippen LogP contribution in [0.15, 0.2) is 48.5 Å². The second kappa shape index (κ2) is 6.72. The summed E-state index contributed by atoms with van der Waals surface area (Å²) in [6.07, 6.45) is 2.86. The molecule has 1 saturated carbocycles. The molecule has 0 aliphatic heterocycles. The number of methoxy groups -OCH3 is 1. The number of nitrogens with zero attached hydrogens (tertiary/aromatic N) is 1. The lowest BCUT2D eigenvalue weighted by Gasteiger charge is -2.45. The maximum Gasteiger partial charge on any atom is 0.411 e. The minimum absolute atomic E-state index is 0.443. The Kier molecular flexibility index (Phi) is 4.38. The van der Waals surface area contributed by atoms with Gasteiger partial charge in [0.2, 0.25) is 0 Å². The van der Waals surface area contributed by atoms with Crippen LogP contribution in [0.4, 0.5) is 4.79 Å². The van der Waals surface area contributed by atoms with Crippen LogP contribution < -0.4 is 0 Å². The monoisotopic (exact) mass is 365 g/mol. The lowest BCUT2D eigenvalue weighted by Crippen LogP contribution is -2.59. The summed E-state index contributed by atoms with van der Waals surface area (Å²) in [5, 5.41) is 10.2. The van der Waals surface area contributed by atoms with Gasteiger partial charge in [0.05, 0.1) is 13.2 Å². The SMILES string of the molecule is COC(=O)N(C1c2ccccc2-c2ccccc21)C1(C(=O)O)CCCCC1. The Hall–Kier alpha value is -2.82. The van der Waals surface area contributed by atoms with Gasteiger partial charge in [-0.3, -0.25) is 4.90 Å². The van der Waals surface area contributed by atoms with Crippen molar-refractivity contribution in [1.82, 2.24) is 4.90 Å². The van der Waals surface area contributed by atoms with E-state index in [0.717, 1.165) is 41.5 Å². The number of aliphatic carboxylic acids is 1. The van der Waals surface area contributed by atoms with Crippen LogP contribution in [-0.2, 0) is 9.53 Å². The first-order valence-corrected chi connectivity index (χ1v) is 9.39. The lowest BCUT2D eigenvalue weighted by molar-refractivity contribution is -0.154. The van der Waals surface area contributed by atoms with Gasteiger partial charge in [-0.15, -0.1) is 0 Å². The molecule has 140 valence electrons. The van der Waals surface area contributed by atoms with Crippen LogP contribution in [0.1, 0.15) is 49.3 Å². The molecule has 0 heterocycles. The second-order valence-corrected chi connectivity index (χ2v) is 7.31. The minimum atomic E-state index is -1.25. The van der Waals surface area contributed by atoms with E-state index in [4.69, 9.17) is 4.74 Å². The molecule has 0 bridgehead atoms. The van der Waals surface area contributed by atoms with E-state index >= 15 is 0 Å². The first-order chi connectivity index (χ1) is 13.1. The molecular weight excluding hydrogens is 342 g/mol. The third-order valence-electron chi connectivity index (χ3n) is 5.97. The van der Waals surface area contributed by atoms with E-state index in [9.17, 15) is 14.7 Å². The highest BCUT2D eigenvalue weighted by Crippen LogP contribution is 2.50. The van der Waals surface area contributed by atoms with Crippen molar-refractivity contribution in [3.8, 4) is 11.1 Å². The Morgan fingerprint density at radius 1 is 0.963 bits per heavy atom. The van der Waals surface area contributed by atoms with E-state index in [2.05, 4.69) is 0 Å². The maximum atomic E-state index is 13.0. The zero-order valence-electron chi connectivity index (χ0n) is 15.4. The highest BCUT2D eigenvalue weighted by atomic mass is 16.5. The van der Waals surface area contributed by atoms with Crippen molar-refractivity contribution in [3.05, 3.63) is 59.7 Å². The van der Waals surface area contributed by atoms with Crippen LogP contribution in [0.5, 0.6) is 0 Å². The fraction of sp³-hybridized carbons (Fsp3) is 0.364. The third-order valence-corrected chi connectivity index (χ3v) is 5.97. The van der Waals surface area contributed by atoms with Crippen LogP contribution in [0, 0.1) is 0 Å². The van der Waals surface area contributed by atoms with Crippen LogP contribution in [0.3, 0.4) is 0 Å². The standard InChI is InChI=1S/C22H23NO4/c1-27-21(26)23(22(20(24)25)13-7-2-8-14-22)19-17-11-5-3-9-15(17)16-10-4-6-12-18(16)19/h3-6,9-12,19H,2,7-8,13-14H2,1H3,(H,24,25). The summed E-state index contributed by atoms with van der Waals surface area (Å²) in [6, 6.07) is 15.3. The van der Waals surface area contributed by atoms with Crippen molar-refractivity contribution in [2.75, 3.05) is 7.11 Å². The molecule has 0 radical (unpaired) electrons. The molecule has 5 nitrogen and oxygen atoms in total. The first kappa shape index (κ1) is 17.6. The number of fused-ring (bicyclic) bond motifs is 3. The van der Waals surface area contributed by atoms with Gasteiger partial charge in [-0.1, -0.05) is 67.8 Å². The van der Waals surface area contributed by atoms with Crippen molar-refractivity contribution in [1.29, 1.82) is 0 Å². The molecule has 4 rings (SSSR count). The Labute approximate surface area is 158 Å².